The van der Waals surface area contributed by atoms with E-state index >= 15 is 0 Å². The van der Waals surface area contributed by atoms with Gasteiger partial charge in [-0.05, 0) is 37.3 Å². The molecular formula is C20H17ClN4O2. The molecule has 0 aliphatic heterocycles. The maximum absolute atomic E-state index is 12.3. The van der Waals surface area contributed by atoms with Crippen LogP contribution in [0.25, 0.3) is 17.0 Å². The number of imidazole rings is 1. The zero-order valence-electron chi connectivity index (χ0n) is 14.6. The smallest absolute Gasteiger partial charge is 0.226 e. The van der Waals surface area contributed by atoms with Crippen molar-refractivity contribution in [1.29, 1.82) is 0 Å². The van der Waals surface area contributed by atoms with Crippen molar-refractivity contribution in [3.8, 4) is 11.5 Å². The summed E-state index contributed by atoms with van der Waals surface area (Å²) in [5, 5.41) is 3.49. The van der Waals surface area contributed by atoms with Crippen molar-refractivity contribution in [3.05, 3.63) is 77.2 Å². The van der Waals surface area contributed by atoms with Crippen LogP contribution in [0.2, 0.25) is 5.02 Å². The van der Waals surface area contributed by atoms with Gasteiger partial charge in [0, 0.05) is 16.8 Å². The number of fused-ring (bicyclic) bond motifs is 1. The Morgan fingerprint density at radius 2 is 2.15 bits per heavy atom. The lowest BCUT2D eigenvalue weighted by atomic mass is 10.2. The molecule has 0 saturated carbocycles. The fourth-order valence-corrected chi connectivity index (χ4v) is 3.05. The highest BCUT2D eigenvalue weighted by molar-refractivity contribution is 6.30. The van der Waals surface area contributed by atoms with Gasteiger partial charge in [0.05, 0.1) is 30.4 Å². The van der Waals surface area contributed by atoms with E-state index in [2.05, 4.69) is 15.3 Å². The van der Waals surface area contributed by atoms with Crippen LogP contribution in [0.4, 0.5) is 0 Å². The minimum Gasteiger partial charge on any atom is -0.441 e. The zero-order valence-corrected chi connectivity index (χ0v) is 15.4. The Balaban J connectivity index is 1.44. The van der Waals surface area contributed by atoms with E-state index in [1.165, 1.54) is 0 Å². The number of nitrogens with zero attached hydrogens (tertiary/aromatic N) is 3. The van der Waals surface area contributed by atoms with E-state index in [0.717, 1.165) is 16.9 Å². The number of oxazole rings is 1. The van der Waals surface area contributed by atoms with Crippen molar-refractivity contribution in [3.63, 3.8) is 0 Å². The summed E-state index contributed by atoms with van der Waals surface area (Å²) in [5.74, 6) is 1.70. The molecule has 27 heavy (non-hydrogen) atoms. The molecular weight excluding hydrogens is 364 g/mol. The summed E-state index contributed by atoms with van der Waals surface area (Å²) in [6.07, 6.45) is 3.84. The summed E-state index contributed by atoms with van der Waals surface area (Å²) in [4.78, 5) is 21.1. The topological polar surface area (TPSA) is 72.4 Å². The number of carbonyl (C=O) groups excluding carboxylic acids is 1. The molecule has 0 spiro atoms. The molecule has 0 aliphatic rings. The van der Waals surface area contributed by atoms with E-state index in [0.29, 0.717) is 28.9 Å². The van der Waals surface area contributed by atoms with Gasteiger partial charge in [0.25, 0.3) is 0 Å². The van der Waals surface area contributed by atoms with Gasteiger partial charge in [-0.3, -0.25) is 4.79 Å². The molecule has 0 saturated heterocycles. The van der Waals surface area contributed by atoms with Gasteiger partial charge >= 0.3 is 0 Å². The number of carbonyl (C=O) groups is 1. The Morgan fingerprint density at radius 1 is 1.26 bits per heavy atom. The van der Waals surface area contributed by atoms with Gasteiger partial charge in [0.15, 0.2) is 0 Å². The first kappa shape index (κ1) is 17.3. The number of hydrogen-bond donors (Lipinski definition) is 1. The average Bonchev–Trinajstić information content (AvgIpc) is 3.24. The summed E-state index contributed by atoms with van der Waals surface area (Å²) < 4.78 is 7.64. The fraction of sp³-hybridized carbons (Fsp3) is 0.150. The Bertz CT molecular complexity index is 1120. The number of pyridine rings is 1. The molecule has 136 valence electrons. The lowest BCUT2D eigenvalue weighted by Crippen LogP contribution is -2.26. The molecule has 1 amide bonds. The third-order valence-corrected chi connectivity index (χ3v) is 4.49. The van der Waals surface area contributed by atoms with Crippen molar-refractivity contribution in [1.82, 2.24) is 19.7 Å². The highest BCUT2D eigenvalue weighted by Gasteiger charge is 2.15. The SMILES string of the molecule is Cc1oc(-c2cccc(Cl)c2)nc1CC(=O)NCc1ncc2ccccn12. The Labute approximate surface area is 160 Å². The number of amides is 1. The molecule has 4 rings (SSSR count). The van der Waals surface area contributed by atoms with Crippen LogP contribution in [0.15, 0.2) is 59.3 Å². The number of aromatic nitrogens is 3. The third kappa shape index (κ3) is 3.71. The monoisotopic (exact) mass is 380 g/mol. The van der Waals surface area contributed by atoms with Crippen molar-refractivity contribution in [2.45, 2.75) is 19.9 Å². The predicted molar refractivity (Wildman–Crippen MR) is 102 cm³/mol. The second kappa shape index (κ2) is 7.25. The first-order valence-corrected chi connectivity index (χ1v) is 8.88. The first-order valence-electron chi connectivity index (χ1n) is 8.50. The summed E-state index contributed by atoms with van der Waals surface area (Å²) >= 11 is 6.02. The maximum Gasteiger partial charge on any atom is 0.226 e. The van der Waals surface area contributed by atoms with Gasteiger partial charge in [-0.15, -0.1) is 0 Å². The van der Waals surface area contributed by atoms with E-state index in [9.17, 15) is 4.79 Å². The summed E-state index contributed by atoms with van der Waals surface area (Å²) in [5.41, 5.74) is 2.37. The molecule has 7 heteroatoms. The number of halogens is 1. The van der Waals surface area contributed by atoms with Crippen LogP contribution in [0.5, 0.6) is 0 Å². The largest absolute Gasteiger partial charge is 0.441 e. The predicted octanol–water partition coefficient (Wildman–Crippen LogP) is 3.81. The van der Waals surface area contributed by atoms with Crippen LogP contribution in [0.3, 0.4) is 0 Å². The second-order valence-electron chi connectivity index (χ2n) is 6.16. The molecule has 1 aromatic carbocycles. The molecule has 0 aliphatic carbocycles. The van der Waals surface area contributed by atoms with Gasteiger partial charge < -0.3 is 14.1 Å². The van der Waals surface area contributed by atoms with Crippen LogP contribution >= 0.6 is 11.6 Å². The van der Waals surface area contributed by atoms with Crippen molar-refractivity contribution in [2.75, 3.05) is 0 Å². The van der Waals surface area contributed by atoms with Gasteiger partial charge in [-0.2, -0.15) is 0 Å². The van der Waals surface area contributed by atoms with E-state index in [1.807, 2.05) is 40.9 Å². The van der Waals surface area contributed by atoms with Gasteiger partial charge in [0.2, 0.25) is 11.8 Å². The quantitative estimate of drug-likeness (QED) is 0.571. The highest BCUT2D eigenvalue weighted by Crippen LogP contribution is 2.24. The van der Waals surface area contributed by atoms with Crippen molar-refractivity contribution < 1.29 is 9.21 Å². The Morgan fingerprint density at radius 3 is 3.00 bits per heavy atom. The normalized spacial score (nSPS) is 11.0. The van der Waals surface area contributed by atoms with Crippen molar-refractivity contribution >= 4 is 23.0 Å². The van der Waals surface area contributed by atoms with Gasteiger partial charge in [-0.1, -0.05) is 23.7 Å². The van der Waals surface area contributed by atoms with Crippen LogP contribution in [0, 0.1) is 6.92 Å². The van der Waals surface area contributed by atoms with Gasteiger partial charge in [0.1, 0.15) is 11.6 Å². The summed E-state index contributed by atoms with van der Waals surface area (Å²) in [7, 11) is 0. The van der Waals surface area contributed by atoms with Crippen LogP contribution in [-0.2, 0) is 17.8 Å². The Kier molecular flexibility index (Phi) is 4.64. The van der Waals surface area contributed by atoms with E-state index < -0.39 is 0 Å². The third-order valence-electron chi connectivity index (χ3n) is 4.25. The van der Waals surface area contributed by atoms with Gasteiger partial charge in [-0.25, -0.2) is 9.97 Å². The molecule has 0 radical (unpaired) electrons. The minimum absolute atomic E-state index is 0.138. The lowest BCUT2D eigenvalue weighted by molar-refractivity contribution is -0.120. The van der Waals surface area contributed by atoms with E-state index in [1.54, 1.807) is 25.3 Å². The number of aryl methyl sites for hydroxylation is 1. The first-order chi connectivity index (χ1) is 13.1. The molecule has 3 aromatic heterocycles. The minimum atomic E-state index is -0.142. The fourth-order valence-electron chi connectivity index (χ4n) is 2.86. The second-order valence-corrected chi connectivity index (χ2v) is 6.59. The lowest BCUT2D eigenvalue weighted by Gasteiger charge is -2.04. The molecule has 0 fully saturated rings. The Hall–Kier alpha value is -3.12. The molecule has 1 N–H and O–H groups in total. The molecule has 0 atom stereocenters. The molecule has 4 aromatic rings. The highest BCUT2D eigenvalue weighted by atomic mass is 35.5. The summed E-state index contributed by atoms with van der Waals surface area (Å²) in [6.45, 7) is 2.14. The van der Waals surface area contributed by atoms with Crippen LogP contribution in [0.1, 0.15) is 17.3 Å². The van der Waals surface area contributed by atoms with Crippen LogP contribution < -0.4 is 5.32 Å². The van der Waals surface area contributed by atoms with Crippen LogP contribution in [-0.4, -0.2) is 20.3 Å². The maximum atomic E-state index is 12.3. The average molecular weight is 381 g/mol. The number of rotatable bonds is 5. The standard InChI is InChI=1S/C20H17ClN4O2/c1-13-17(24-20(27-13)14-5-4-6-15(21)9-14)10-19(26)23-12-18-22-11-16-7-2-3-8-25(16)18/h2-9,11H,10,12H2,1H3,(H,23,26). The molecule has 0 bridgehead atoms. The molecule has 3 heterocycles. The zero-order chi connectivity index (χ0) is 18.8. The van der Waals surface area contributed by atoms with E-state index in [-0.39, 0.29) is 12.3 Å². The van der Waals surface area contributed by atoms with E-state index in [4.69, 9.17) is 16.0 Å². The molecule has 0 unspecified atom stereocenters. The van der Waals surface area contributed by atoms with Crippen molar-refractivity contribution in [2.24, 2.45) is 0 Å². The molecule has 6 nitrogen and oxygen atoms in total. The number of nitrogens with one attached hydrogen (secondary N) is 1. The number of benzene rings is 1. The summed E-state index contributed by atoms with van der Waals surface area (Å²) in [6, 6.07) is 13.1. The number of hydrogen-bond acceptors (Lipinski definition) is 4.